The Hall–Kier alpha value is -2.86. The summed E-state index contributed by atoms with van der Waals surface area (Å²) < 4.78 is 0. The van der Waals surface area contributed by atoms with Crippen molar-refractivity contribution >= 4 is 35.6 Å². The Morgan fingerprint density at radius 1 is 0.958 bits per heavy atom. The topological polar surface area (TPSA) is 179 Å². The van der Waals surface area contributed by atoms with Crippen molar-refractivity contribution in [2.75, 3.05) is 0 Å². The summed E-state index contributed by atoms with van der Waals surface area (Å²) in [5.74, 6) is -8.30. The lowest BCUT2D eigenvalue weighted by Crippen LogP contribution is -2.67. The van der Waals surface area contributed by atoms with Gasteiger partial charge in [-0.15, -0.1) is 5.06 Å². The molecular weight excluding hydrogens is 332 g/mol. The molecule has 0 aliphatic carbocycles. The maximum atomic E-state index is 12.1. The van der Waals surface area contributed by atoms with Crippen molar-refractivity contribution in [1.82, 2.24) is 9.96 Å². The number of rotatable bonds is 5. The summed E-state index contributed by atoms with van der Waals surface area (Å²) in [6.07, 6.45) is -4.38. The van der Waals surface area contributed by atoms with Gasteiger partial charge in [0, 0.05) is 25.7 Å². The highest BCUT2D eigenvalue weighted by molar-refractivity contribution is 6.08. The van der Waals surface area contributed by atoms with Crippen molar-refractivity contribution in [3.63, 3.8) is 0 Å². The minimum absolute atomic E-state index is 0.0209. The third-order valence-electron chi connectivity index (χ3n) is 3.49. The van der Waals surface area contributed by atoms with Gasteiger partial charge in [0.05, 0.1) is 0 Å². The zero-order chi connectivity index (χ0) is 18.2. The van der Waals surface area contributed by atoms with E-state index in [4.69, 9.17) is 5.11 Å². The van der Waals surface area contributed by atoms with Gasteiger partial charge in [-0.3, -0.25) is 19.2 Å². The number of nitrogens with zero attached hydrogens (tertiary/aromatic N) is 2. The van der Waals surface area contributed by atoms with Crippen molar-refractivity contribution in [2.45, 2.75) is 37.5 Å². The van der Waals surface area contributed by atoms with E-state index in [-0.39, 0.29) is 22.8 Å². The number of hydrogen-bond acceptors (Lipinski definition) is 9. The normalized spacial score (nSPS) is 21.9. The molecule has 2 rings (SSSR count). The van der Waals surface area contributed by atoms with Crippen LogP contribution < -0.4 is 0 Å². The maximum absolute atomic E-state index is 12.1. The second-order valence-electron chi connectivity index (χ2n) is 5.05. The molecule has 0 aromatic carbocycles. The van der Waals surface area contributed by atoms with Gasteiger partial charge in [-0.25, -0.2) is 14.5 Å². The molecule has 12 nitrogen and oxygen atoms in total. The lowest BCUT2D eigenvalue weighted by molar-refractivity contribution is -0.238. The molecule has 12 heteroatoms. The number of carbonyl (C=O) groups excluding carboxylic acids is 5. The maximum Gasteiger partial charge on any atom is 0.389 e. The van der Waals surface area contributed by atoms with Crippen LogP contribution in [0.25, 0.3) is 0 Å². The average Bonchev–Trinajstić information content (AvgIpc) is 3.01. The molecule has 0 saturated carbocycles. The number of imide groups is 2. The predicted molar refractivity (Wildman–Crippen MR) is 66.9 cm³/mol. The molecule has 0 radical (unpaired) electrons. The van der Waals surface area contributed by atoms with E-state index in [1.807, 2.05) is 0 Å². The van der Waals surface area contributed by atoms with E-state index < -0.39 is 60.2 Å². The minimum Gasteiger partial charge on any atom is -0.479 e. The van der Waals surface area contributed by atoms with Gasteiger partial charge in [0.15, 0.2) is 0 Å². The van der Waals surface area contributed by atoms with Gasteiger partial charge in [-0.2, -0.15) is 0 Å². The first-order valence-corrected chi connectivity index (χ1v) is 6.68. The Labute approximate surface area is 133 Å². The van der Waals surface area contributed by atoms with Crippen molar-refractivity contribution in [3.8, 4) is 0 Å². The first-order chi connectivity index (χ1) is 11.1. The van der Waals surface area contributed by atoms with Crippen LogP contribution in [0.4, 0.5) is 0 Å². The van der Waals surface area contributed by atoms with Crippen molar-refractivity contribution < 1.29 is 48.9 Å². The fraction of sp³-hybridized carbons (Fsp3) is 0.500. The molecule has 2 heterocycles. The van der Waals surface area contributed by atoms with E-state index in [0.717, 1.165) is 0 Å². The van der Waals surface area contributed by atoms with Gasteiger partial charge in [0.2, 0.25) is 17.9 Å². The fourth-order valence-electron chi connectivity index (χ4n) is 2.26. The number of hydrogen-bond donors (Lipinski definition) is 3. The van der Waals surface area contributed by atoms with Gasteiger partial charge in [0.1, 0.15) is 0 Å². The van der Waals surface area contributed by atoms with Crippen LogP contribution in [0.15, 0.2) is 0 Å². The Morgan fingerprint density at radius 2 is 1.38 bits per heavy atom. The van der Waals surface area contributed by atoms with Crippen LogP contribution >= 0.6 is 0 Å². The highest BCUT2D eigenvalue weighted by atomic mass is 16.7. The molecule has 0 bridgehead atoms. The molecule has 2 saturated heterocycles. The second-order valence-corrected chi connectivity index (χ2v) is 5.05. The van der Waals surface area contributed by atoms with Crippen molar-refractivity contribution in [2.24, 2.45) is 0 Å². The minimum atomic E-state index is -3.63. The molecule has 130 valence electrons. The molecular formula is C12H12N2O10. The van der Waals surface area contributed by atoms with Gasteiger partial charge >= 0.3 is 11.9 Å². The molecule has 0 aromatic heterocycles. The molecule has 0 unspecified atom stereocenters. The first kappa shape index (κ1) is 17.5. The van der Waals surface area contributed by atoms with E-state index in [1.54, 1.807) is 0 Å². The number of carbonyl (C=O) groups is 6. The number of aliphatic hydroxyl groups is 2. The summed E-state index contributed by atoms with van der Waals surface area (Å²) in [6, 6.07) is 0. The van der Waals surface area contributed by atoms with Crippen LogP contribution in [-0.4, -0.2) is 72.7 Å². The largest absolute Gasteiger partial charge is 0.479 e. The summed E-state index contributed by atoms with van der Waals surface area (Å²) in [5, 5.41) is 28.8. The molecule has 0 aromatic rings. The lowest BCUT2D eigenvalue weighted by atomic mass is 10.1. The van der Waals surface area contributed by atoms with Crippen LogP contribution in [0.2, 0.25) is 0 Å². The van der Waals surface area contributed by atoms with Crippen molar-refractivity contribution in [3.05, 3.63) is 0 Å². The Bertz CT molecular complexity index is 626. The standard InChI is InChI=1S/C12H12N2O10/c15-5-1-2-6(16)13(5)12(23,9(19)10(20)21)11(22)24-14-7(17)3-4-8(14)18/h9,19,23H,1-4H2,(H,20,21)/t9-,12+/m0/s1. The van der Waals surface area contributed by atoms with Gasteiger partial charge in [-0.1, -0.05) is 0 Å². The van der Waals surface area contributed by atoms with E-state index in [9.17, 15) is 39.0 Å². The molecule has 2 aliphatic rings. The van der Waals surface area contributed by atoms with Crippen LogP contribution in [-0.2, 0) is 33.6 Å². The first-order valence-electron chi connectivity index (χ1n) is 6.68. The number of likely N-dealkylation sites (tertiary alicyclic amines) is 1. The van der Waals surface area contributed by atoms with E-state index in [2.05, 4.69) is 4.84 Å². The number of aliphatic carboxylic acids is 1. The van der Waals surface area contributed by atoms with E-state index in [0.29, 0.717) is 0 Å². The molecule has 0 spiro atoms. The van der Waals surface area contributed by atoms with E-state index in [1.165, 1.54) is 0 Å². The third kappa shape index (κ3) is 2.61. The highest BCUT2D eigenvalue weighted by Crippen LogP contribution is 2.28. The van der Waals surface area contributed by atoms with E-state index >= 15 is 0 Å². The summed E-state index contributed by atoms with van der Waals surface area (Å²) in [6.45, 7) is 0. The van der Waals surface area contributed by atoms with Crippen LogP contribution in [0.3, 0.4) is 0 Å². The summed E-state index contributed by atoms with van der Waals surface area (Å²) in [5.41, 5.74) is -3.63. The Morgan fingerprint density at radius 3 is 1.79 bits per heavy atom. The molecule has 2 atom stereocenters. The predicted octanol–water partition coefficient (Wildman–Crippen LogP) is -3.12. The molecule has 4 amide bonds. The van der Waals surface area contributed by atoms with Crippen LogP contribution in [0.5, 0.6) is 0 Å². The quantitative estimate of drug-likeness (QED) is 0.432. The van der Waals surface area contributed by atoms with Crippen LogP contribution in [0.1, 0.15) is 25.7 Å². The van der Waals surface area contributed by atoms with Gasteiger partial charge in [-0.05, 0) is 0 Å². The number of amides is 4. The Kier molecular flexibility index (Phi) is 4.36. The Balaban J connectivity index is 2.39. The fourth-order valence-corrected chi connectivity index (χ4v) is 2.26. The van der Waals surface area contributed by atoms with Gasteiger partial charge in [0.25, 0.3) is 17.5 Å². The number of carboxylic acids is 1. The number of aliphatic hydroxyl groups excluding tert-OH is 1. The lowest BCUT2D eigenvalue weighted by Gasteiger charge is -2.35. The average molecular weight is 344 g/mol. The van der Waals surface area contributed by atoms with Gasteiger partial charge < -0.3 is 20.2 Å². The highest BCUT2D eigenvalue weighted by Gasteiger charge is 2.60. The van der Waals surface area contributed by atoms with Crippen LogP contribution in [0, 0.1) is 0 Å². The number of carboxylic acid groups (broad SMARTS) is 1. The monoisotopic (exact) mass is 344 g/mol. The van der Waals surface area contributed by atoms with Crippen molar-refractivity contribution in [1.29, 1.82) is 0 Å². The zero-order valence-electron chi connectivity index (χ0n) is 12.0. The third-order valence-corrected chi connectivity index (χ3v) is 3.49. The summed E-state index contributed by atoms with van der Waals surface area (Å²) in [7, 11) is 0. The molecule has 2 aliphatic heterocycles. The molecule has 3 N–H and O–H groups in total. The number of hydroxylamine groups is 2. The SMILES string of the molecule is O=C(O)[C@H](O)[C@@](O)(C(=O)ON1C(=O)CCC1=O)N1C(=O)CCC1=O. The smallest absolute Gasteiger partial charge is 0.389 e. The summed E-state index contributed by atoms with van der Waals surface area (Å²) in [4.78, 5) is 73.6. The zero-order valence-corrected chi connectivity index (χ0v) is 12.0. The molecule has 24 heavy (non-hydrogen) atoms. The molecule has 2 fully saturated rings. The summed E-state index contributed by atoms with van der Waals surface area (Å²) >= 11 is 0. The second kappa shape index (κ2) is 5.98.